The van der Waals surface area contributed by atoms with E-state index in [-0.39, 0.29) is 5.41 Å². The van der Waals surface area contributed by atoms with Gasteiger partial charge in [0.2, 0.25) is 0 Å². The molecule has 0 amide bonds. The molecule has 1 heteroatoms. The molecule has 0 N–H and O–H groups in total. The predicted octanol–water partition coefficient (Wildman–Crippen LogP) is 11.4. The Kier molecular flexibility index (Phi) is 5.46. The smallest absolute Gasteiger partial charge is 0.0702 e. The van der Waals surface area contributed by atoms with Gasteiger partial charge in [0.05, 0.1) is 5.52 Å². The maximum atomic E-state index is 4.85. The third-order valence-corrected chi connectivity index (χ3v) is 8.79. The first-order valence-electron chi connectivity index (χ1n) is 14.7. The van der Waals surface area contributed by atoms with Gasteiger partial charge in [-0.25, -0.2) is 0 Å². The van der Waals surface area contributed by atoms with Crippen molar-refractivity contribution in [2.24, 2.45) is 0 Å². The summed E-state index contributed by atoms with van der Waals surface area (Å²) in [4.78, 5) is 4.85. The van der Waals surface area contributed by atoms with Gasteiger partial charge in [-0.1, -0.05) is 130 Å². The molecular weight excluding hydrogens is 506 g/mol. The summed E-state index contributed by atoms with van der Waals surface area (Å²) in [7, 11) is 0. The maximum absolute atomic E-state index is 4.85. The predicted molar refractivity (Wildman–Crippen MR) is 180 cm³/mol. The fourth-order valence-electron chi connectivity index (χ4n) is 6.52. The molecule has 8 rings (SSSR count). The molecule has 0 unspecified atom stereocenters. The van der Waals surface area contributed by atoms with Gasteiger partial charge in [-0.15, -0.1) is 0 Å². The number of pyridine rings is 1. The lowest BCUT2D eigenvalue weighted by Gasteiger charge is -2.23. The molecule has 0 radical (unpaired) electrons. The molecule has 0 saturated carbocycles. The highest BCUT2D eigenvalue weighted by molar-refractivity contribution is 6.28. The second-order valence-corrected chi connectivity index (χ2v) is 12.5. The Balaban J connectivity index is 1.43. The van der Waals surface area contributed by atoms with Crippen LogP contribution in [0.25, 0.3) is 76.6 Å². The van der Waals surface area contributed by atoms with Crippen LogP contribution < -0.4 is 0 Å². The van der Waals surface area contributed by atoms with Crippen molar-refractivity contribution in [2.45, 2.75) is 26.2 Å². The standard InChI is InChI=1S/C41H31N/c1-41(2,3)33-22-30-17-19-34-36(28-15-13-27(14-16-28)26-9-5-4-6-10-26)24-37(35-20-18-31(23-33)39(30)40(34)35)32-21-29-11-7-8-12-38(29)42-25-32/h4-25H,1-3H3. The molecular formula is C41H31N. The summed E-state index contributed by atoms with van der Waals surface area (Å²) in [6.07, 6.45) is 2.04. The molecule has 200 valence electrons. The quantitative estimate of drug-likeness (QED) is 0.204. The largest absolute Gasteiger partial charge is 0.256 e. The molecule has 0 spiro atoms. The van der Waals surface area contributed by atoms with Crippen LogP contribution in [-0.2, 0) is 5.41 Å². The van der Waals surface area contributed by atoms with E-state index >= 15 is 0 Å². The molecule has 1 heterocycles. The molecule has 0 fully saturated rings. The van der Waals surface area contributed by atoms with Gasteiger partial charge in [-0.2, -0.15) is 0 Å². The van der Waals surface area contributed by atoms with E-state index in [1.165, 1.54) is 65.7 Å². The number of rotatable bonds is 3. The average Bonchev–Trinajstić information content (AvgIpc) is 3.03. The highest BCUT2D eigenvalue weighted by Gasteiger charge is 2.20. The van der Waals surface area contributed by atoms with Gasteiger partial charge in [-0.3, -0.25) is 4.98 Å². The van der Waals surface area contributed by atoms with Gasteiger partial charge < -0.3 is 0 Å². The topological polar surface area (TPSA) is 12.9 Å². The minimum Gasteiger partial charge on any atom is -0.256 e. The molecule has 8 aromatic rings. The lowest BCUT2D eigenvalue weighted by atomic mass is 9.81. The Bertz CT molecular complexity index is 2230. The van der Waals surface area contributed by atoms with Crippen LogP contribution in [0.5, 0.6) is 0 Å². The number of aromatic nitrogens is 1. The van der Waals surface area contributed by atoms with E-state index < -0.39 is 0 Å². The molecule has 0 saturated heterocycles. The lowest BCUT2D eigenvalue weighted by Crippen LogP contribution is -2.10. The Morgan fingerprint density at radius 2 is 1.05 bits per heavy atom. The van der Waals surface area contributed by atoms with Gasteiger partial charge in [-0.05, 0) is 89.3 Å². The molecule has 42 heavy (non-hydrogen) atoms. The lowest BCUT2D eigenvalue weighted by molar-refractivity contribution is 0.591. The molecule has 7 aromatic carbocycles. The second kappa shape index (κ2) is 9.26. The van der Waals surface area contributed by atoms with Crippen molar-refractivity contribution in [3.63, 3.8) is 0 Å². The van der Waals surface area contributed by atoms with Gasteiger partial charge >= 0.3 is 0 Å². The van der Waals surface area contributed by atoms with Crippen molar-refractivity contribution < 1.29 is 0 Å². The summed E-state index contributed by atoms with van der Waals surface area (Å²) in [5.74, 6) is 0. The number of nitrogens with zero attached hydrogens (tertiary/aromatic N) is 1. The van der Waals surface area contributed by atoms with E-state index in [0.717, 1.165) is 16.5 Å². The first-order chi connectivity index (χ1) is 20.4. The Morgan fingerprint density at radius 1 is 0.452 bits per heavy atom. The number of hydrogen-bond donors (Lipinski definition) is 0. The van der Waals surface area contributed by atoms with Crippen LogP contribution in [0.3, 0.4) is 0 Å². The van der Waals surface area contributed by atoms with Crippen LogP contribution in [0, 0.1) is 0 Å². The van der Waals surface area contributed by atoms with Crippen molar-refractivity contribution in [3.05, 3.63) is 139 Å². The molecule has 0 aliphatic heterocycles. The first-order valence-corrected chi connectivity index (χ1v) is 14.7. The van der Waals surface area contributed by atoms with Crippen LogP contribution in [0.1, 0.15) is 26.3 Å². The van der Waals surface area contributed by atoms with Crippen LogP contribution in [-0.4, -0.2) is 4.98 Å². The normalized spacial score (nSPS) is 12.2. The first kappa shape index (κ1) is 24.8. The summed E-state index contributed by atoms with van der Waals surface area (Å²) >= 11 is 0. The van der Waals surface area contributed by atoms with Gasteiger partial charge in [0.25, 0.3) is 0 Å². The SMILES string of the molecule is CC(C)(C)c1cc2ccc3c(-c4ccc(-c5ccccc5)cc4)cc(-c4cnc5ccccc5c4)c4ccc(c1)c2c34. The minimum absolute atomic E-state index is 0.0814. The number of para-hydroxylation sites is 1. The zero-order valence-corrected chi connectivity index (χ0v) is 24.1. The molecule has 0 aliphatic rings. The molecule has 1 aromatic heterocycles. The van der Waals surface area contributed by atoms with E-state index in [0.29, 0.717) is 0 Å². The Hall–Kier alpha value is -5.01. The third-order valence-electron chi connectivity index (χ3n) is 8.79. The van der Waals surface area contributed by atoms with Crippen LogP contribution >= 0.6 is 0 Å². The highest BCUT2D eigenvalue weighted by Crippen LogP contribution is 2.45. The summed E-state index contributed by atoms with van der Waals surface area (Å²) < 4.78 is 0. The summed E-state index contributed by atoms with van der Waals surface area (Å²) in [5, 5.41) is 8.99. The summed E-state index contributed by atoms with van der Waals surface area (Å²) in [5.41, 5.74) is 9.76. The van der Waals surface area contributed by atoms with Crippen LogP contribution in [0.4, 0.5) is 0 Å². The number of fused-ring (bicyclic) bond motifs is 1. The second-order valence-electron chi connectivity index (χ2n) is 12.5. The number of benzene rings is 7. The molecule has 0 bridgehead atoms. The van der Waals surface area contributed by atoms with Crippen molar-refractivity contribution in [1.82, 2.24) is 4.98 Å². The fraction of sp³-hybridized carbons (Fsp3) is 0.0976. The van der Waals surface area contributed by atoms with Crippen molar-refractivity contribution >= 4 is 43.2 Å². The van der Waals surface area contributed by atoms with E-state index in [1.807, 2.05) is 12.3 Å². The third kappa shape index (κ3) is 3.96. The van der Waals surface area contributed by atoms with Crippen molar-refractivity contribution in [1.29, 1.82) is 0 Å². The monoisotopic (exact) mass is 537 g/mol. The summed E-state index contributed by atoms with van der Waals surface area (Å²) in [6.45, 7) is 6.88. The van der Waals surface area contributed by atoms with Crippen molar-refractivity contribution in [2.75, 3.05) is 0 Å². The van der Waals surface area contributed by atoms with Gasteiger partial charge in [0.15, 0.2) is 0 Å². The van der Waals surface area contributed by atoms with E-state index in [2.05, 4.69) is 142 Å². The van der Waals surface area contributed by atoms with Gasteiger partial charge in [0, 0.05) is 17.1 Å². The molecule has 0 atom stereocenters. The highest BCUT2D eigenvalue weighted by atomic mass is 14.6. The summed E-state index contributed by atoms with van der Waals surface area (Å²) in [6, 6.07) is 46.7. The van der Waals surface area contributed by atoms with Gasteiger partial charge in [0.1, 0.15) is 0 Å². The van der Waals surface area contributed by atoms with E-state index in [9.17, 15) is 0 Å². The molecule has 1 nitrogen and oxygen atoms in total. The van der Waals surface area contributed by atoms with E-state index in [4.69, 9.17) is 4.98 Å². The Labute approximate surface area is 246 Å². The minimum atomic E-state index is 0.0814. The zero-order chi connectivity index (χ0) is 28.4. The zero-order valence-electron chi connectivity index (χ0n) is 24.1. The van der Waals surface area contributed by atoms with Crippen LogP contribution in [0.15, 0.2) is 134 Å². The molecule has 0 aliphatic carbocycles. The maximum Gasteiger partial charge on any atom is 0.0702 e. The van der Waals surface area contributed by atoms with E-state index in [1.54, 1.807) is 0 Å². The Morgan fingerprint density at radius 3 is 1.74 bits per heavy atom. The number of hydrogen-bond acceptors (Lipinski definition) is 1. The van der Waals surface area contributed by atoms with Crippen LogP contribution in [0.2, 0.25) is 0 Å². The van der Waals surface area contributed by atoms with Crippen molar-refractivity contribution in [3.8, 4) is 33.4 Å². The average molecular weight is 538 g/mol. The fourth-order valence-corrected chi connectivity index (χ4v) is 6.52.